The molecule has 1 atom stereocenters. The monoisotopic (exact) mass is 429 g/mol. The molecule has 1 aromatic rings. The Labute approximate surface area is 186 Å². The zero-order valence-electron chi connectivity index (χ0n) is 20.0. The van der Waals surface area contributed by atoms with Gasteiger partial charge in [0.05, 0.1) is 11.2 Å². The van der Waals surface area contributed by atoms with Crippen molar-refractivity contribution in [3.63, 3.8) is 0 Å². The zero-order valence-corrected chi connectivity index (χ0v) is 20.0. The van der Waals surface area contributed by atoms with Crippen LogP contribution in [-0.2, 0) is 20.5 Å². The summed E-state index contributed by atoms with van der Waals surface area (Å²) in [6.07, 6.45) is 2.70. The highest BCUT2D eigenvalue weighted by molar-refractivity contribution is 6.62. The van der Waals surface area contributed by atoms with Gasteiger partial charge >= 0.3 is 13.2 Å². The lowest BCUT2D eigenvalue weighted by Gasteiger charge is -2.35. The van der Waals surface area contributed by atoms with E-state index in [1.54, 1.807) is 0 Å². The minimum Gasteiger partial charge on any atom is -0.490 e. The number of hydrogen-bond donors (Lipinski definition) is 0. The predicted octanol–water partition coefficient (Wildman–Crippen LogP) is 3.94. The number of piperidine rings is 1. The smallest absolute Gasteiger partial charge is 0.490 e. The third-order valence-electron chi connectivity index (χ3n) is 7.03. The zero-order chi connectivity index (χ0) is 22.6. The van der Waals surface area contributed by atoms with Crippen molar-refractivity contribution in [1.82, 2.24) is 4.90 Å². The number of hydrogen-bond acceptors (Lipinski definition) is 5. The minimum atomic E-state index is -0.459. The Morgan fingerprint density at radius 2 is 1.71 bits per heavy atom. The summed E-state index contributed by atoms with van der Waals surface area (Å²) < 4.78 is 24.2. The van der Waals surface area contributed by atoms with Gasteiger partial charge in [-0.05, 0) is 84.3 Å². The molecule has 7 heteroatoms. The van der Waals surface area contributed by atoms with E-state index in [2.05, 4.69) is 39.8 Å². The van der Waals surface area contributed by atoms with Crippen molar-refractivity contribution in [2.24, 2.45) is 5.92 Å². The second kappa shape index (κ2) is 7.70. The van der Waals surface area contributed by atoms with Crippen LogP contribution in [0.1, 0.15) is 66.9 Å². The third kappa shape index (κ3) is 4.58. The largest absolute Gasteiger partial charge is 0.494 e. The predicted molar refractivity (Wildman–Crippen MR) is 121 cm³/mol. The molecule has 0 aliphatic carbocycles. The summed E-state index contributed by atoms with van der Waals surface area (Å²) in [5.41, 5.74) is 1.10. The van der Waals surface area contributed by atoms with Crippen molar-refractivity contribution in [2.75, 3.05) is 13.1 Å². The molecule has 0 N–H and O–H groups in total. The lowest BCUT2D eigenvalue weighted by molar-refractivity contribution is 0.00578. The molecule has 0 spiro atoms. The third-order valence-corrected chi connectivity index (χ3v) is 7.03. The lowest BCUT2D eigenvalue weighted by Crippen LogP contribution is -2.44. The second-order valence-corrected chi connectivity index (χ2v) is 11.1. The van der Waals surface area contributed by atoms with E-state index in [9.17, 15) is 4.79 Å². The molecule has 0 radical (unpaired) electrons. The molecule has 3 heterocycles. The Bertz CT molecular complexity index is 823. The topological polar surface area (TPSA) is 57.2 Å². The molecule has 3 aliphatic rings. The summed E-state index contributed by atoms with van der Waals surface area (Å²) in [4.78, 5) is 14.1. The second-order valence-electron chi connectivity index (χ2n) is 11.1. The standard InChI is InChI=1S/C24H36BNO5/c1-22(2,3)29-21(27)26-12-10-16(11-13-26)20-15-17-14-18(8-9-19(17)28-20)25-30-23(4,5)24(6,7)31-25/h8-9,14,16,20H,10-13,15H2,1-7H3. The molecule has 2 fully saturated rings. The van der Waals surface area contributed by atoms with Crippen LogP contribution in [0.25, 0.3) is 0 Å². The van der Waals surface area contributed by atoms with Gasteiger partial charge < -0.3 is 23.7 Å². The van der Waals surface area contributed by atoms with Crippen molar-refractivity contribution in [2.45, 2.75) is 90.6 Å². The van der Waals surface area contributed by atoms with E-state index >= 15 is 0 Å². The fraction of sp³-hybridized carbons (Fsp3) is 0.708. The van der Waals surface area contributed by atoms with E-state index in [1.165, 1.54) is 5.56 Å². The van der Waals surface area contributed by atoms with Gasteiger partial charge in [-0.1, -0.05) is 12.1 Å². The summed E-state index contributed by atoms with van der Waals surface area (Å²) in [7, 11) is -0.355. The van der Waals surface area contributed by atoms with Gasteiger partial charge in [-0.2, -0.15) is 0 Å². The molecule has 0 bridgehead atoms. The SMILES string of the molecule is CC(C)(C)OC(=O)N1CCC(C2Cc3cc(B4OC(C)(C)C(C)(C)O4)ccc3O2)CC1. The number of fused-ring (bicyclic) bond motifs is 1. The van der Waals surface area contributed by atoms with E-state index < -0.39 is 5.60 Å². The van der Waals surface area contributed by atoms with Crippen LogP contribution in [0.2, 0.25) is 0 Å². The molecular weight excluding hydrogens is 393 g/mol. The number of likely N-dealkylation sites (tertiary alicyclic amines) is 1. The summed E-state index contributed by atoms with van der Waals surface area (Å²) in [6, 6.07) is 6.27. The average molecular weight is 429 g/mol. The van der Waals surface area contributed by atoms with Crippen LogP contribution in [0.3, 0.4) is 0 Å². The minimum absolute atomic E-state index is 0.157. The van der Waals surface area contributed by atoms with Crippen LogP contribution in [0, 0.1) is 5.92 Å². The molecule has 170 valence electrons. The van der Waals surface area contributed by atoms with Gasteiger partial charge in [0.2, 0.25) is 0 Å². The summed E-state index contributed by atoms with van der Waals surface area (Å²) >= 11 is 0. The van der Waals surface area contributed by atoms with Crippen molar-refractivity contribution in [3.05, 3.63) is 23.8 Å². The van der Waals surface area contributed by atoms with E-state index in [-0.39, 0.29) is 30.5 Å². The first-order chi connectivity index (χ1) is 14.3. The number of amides is 1. The molecule has 0 saturated carbocycles. The highest BCUT2D eigenvalue weighted by atomic mass is 16.7. The summed E-state index contributed by atoms with van der Waals surface area (Å²) in [5.74, 6) is 1.39. The average Bonchev–Trinajstić information content (AvgIpc) is 3.17. The Morgan fingerprint density at radius 3 is 2.29 bits per heavy atom. The number of rotatable bonds is 2. The number of nitrogens with zero attached hydrogens (tertiary/aromatic N) is 1. The van der Waals surface area contributed by atoms with Gasteiger partial charge in [0.25, 0.3) is 0 Å². The van der Waals surface area contributed by atoms with Crippen LogP contribution < -0.4 is 10.2 Å². The molecule has 0 aromatic heterocycles. The molecule has 1 unspecified atom stereocenters. The van der Waals surface area contributed by atoms with Crippen LogP contribution in [0.5, 0.6) is 5.75 Å². The molecule has 3 aliphatic heterocycles. The number of carbonyl (C=O) groups excluding carboxylic acids is 1. The van der Waals surface area contributed by atoms with Crippen molar-refractivity contribution < 1.29 is 23.6 Å². The van der Waals surface area contributed by atoms with Crippen LogP contribution in [0.15, 0.2) is 18.2 Å². The Morgan fingerprint density at radius 1 is 1.10 bits per heavy atom. The first-order valence-corrected chi connectivity index (χ1v) is 11.5. The molecule has 1 amide bonds. The number of carbonyl (C=O) groups is 1. The highest BCUT2D eigenvalue weighted by Crippen LogP contribution is 2.38. The van der Waals surface area contributed by atoms with Crippen LogP contribution in [0.4, 0.5) is 4.79 Å². The normalized spacial score (nSPS) is 25.3. The summed E-state index contributed by atoms with van der Waals surface area (Å²) in [5, 5.41) is 0. The van der Waals surface area contributed by atoms with Crippen LogP contribution >= 0.6 is 0 Å². The number of ether oxygens (including phenoxy) is 2. The van der Waals surface area contributed by atoms with Crippen molar-refractivity contribution >= 4 is 18.7 Å². The van der Waals surface area contributed by atoms with Crippen LogP contribution in [-0.4, -0.2) is 54.1 Å². The fourth-order valence-electron chi connectivity index (χ4n) is 4.46. The fourth-order valence-corrected chi connectivity index (χ4v) is 4.46. The maximum Gasteiger partial charge on any atom is 0.494 e. The molecule has 4 rings (SSSR count). The Balaban J connectivity index is 1.35. The van der Waals surface area contributed by atoms with Crippen molar-refractivity contribution in [1.29, 1.82) is 0 Å². The highest BCUT2D eigenvalue weighted by Gasteiger charge is 2.52. The first-order valence-electron chi connectivity index (χ1n) is 11.5. The van der Waals surface area contributed by atoms with Crippen molar-refractivity contribution in [3.8, 4) is 5.75 Å². The van der Waals surface area contributed by atoms with Gasteiger partial charge in [-0.3, -0.25) is 0 Å². The van der Waals surface area contributed by atoms with Gasteiger partial charge in [0.15, 0.2) is 0 Å². The Hall–Kier alpha value is -1.73. The number of benzene rings is 1. The molecular formula is C24H36BNO5. The first kappa shape index (κ1) is 22.5. The van der Waals surface area contributed by atoms with E-state index in [4.69, 9.17) is 18.8 Å². The van der Waals surface area contributed by atoms with Gasteiger partial charge in [0.1, 0.15) is 17.5 Å². The molecule has 2 saturated heterocycles. The van der Waals surface area contributed by atoms with E-state index in [0.717, 1.165) is 43.6 Å². The van der Waals surface area contributed by atoms with Gasteiger partial charge in [0, 0.05) is 19.5 Å². The Kier molecular flexibility index (Phi) is 5.58. The maximum absolute atomic E-state index is 12.3. The maximum atomic E-state index is 12.3. The molecule has 6 nitrogen and oxygen atoms in total. The quantitative estimate of drug-likeness (QED) is 0.667. The lowest BCUT2D eigenvalue weighted by atomic mass is 9.78. The molecule has 1 aromatic carbocycles. The van der Waals surface area contributed by atoms with E-state index in [1.807, 2.05) is 31.7 Å². The molecule has 31 heavy (non-hydrogen) atoms. The summed E-state index contributed by atoms with van der Waals surface area (Å²) in [6.45, 7) is 15.4. The van der Waals surface area contributed by atoms with Gasteiger partial charge in [-0.25, -0.2) is 4.79 Å². The van der Waals surface area contributed by atoms with Gasteiger partial charge in [-0.15, -0.1) is 0 Å². The van der Waals surface area contributed by atoms with E-state index in [0.29, 0.717) is 5.92 Å².